The predicted octanol–water partition coefficient (Wildman–Crippen LogP) is 32.1. The molecule has 13 nitrogen and oxygen atoms in total. The lowest BCUT2D eigenvalue weighted by Crippen LogP contribution is -2.01. The summed E-state index contributed by atoms with van der Waals surface area (Å²) in [5.41, 5.74) is 20.0. The Kier molecular flexibility index (Phi) is 20.2. The fraction of sp³-hybridized carbons (Fsp3) is 0. The maximum absolute atomic E-state index is 5.13. The lowest BCUT2D eigenvalue weighted by molar-refractivity contribution is 1.05. The average molecular weight is 1820 g/mol. The Morgan fingerprint density at radius 3 is 0.804 bits per heavy atom. The summed E-state index contributed by atoms with van der Waals surface area (Å²) in [6.07, 6.45) is 1.87. The molecule has 28 rings (SSSR count). The SMILES string of the molecule is c1ccc(-c2cccc(-c3nc(-c4ccccc4)nc(-c4cccc(-n5c6ccccc6c6ccc7c8ccccc8sc7c65)c4)n3)c2)cc1.c1ccc(-c2nc(-c3ccccc3)nc(-c3ccc(-n4c5ccccc5c5ccc6c7ccccc7sc6c54)cc3)n2)cc1.c1ccc(-c2nc(-c3ccccc3)nc(-c3ccc(-n4c5ccccc5c5ccc6c7ccccc7sc6c54)nc3)n2)cc1. The van der Waals surface area contributed by atoms with E-state index in [2.05, 4.69) is 305 Å². The van der Waals surface area contributed by atoms with E-state index in [9.17, 15) is 0 Å². The van der Waals surface area contributed by atoms with E-state index in [0.717, 1.165) is 83.9 Å². The third-order valence-corrected chi connectivity index (χ3v) is 29.4. The topological polar surface area (TPSA) is 144 Å². The first-order valence-corrected chi connectivity index (χ1v) is 48.3. The van der Waals surface area contributed by atoms with E-state index in [1.165, 1.54) is 120 Å². The molecule has 0 amide bonds. The minimum atomic E-state index is 0.589. The van der Waals surface area contributed by atoms with Crippen LogP contribution in [0.4, 0.5) is 0 Å². The Bertz CT molecular complexity index is 9110. The summed E-state index contributed by atoms with van der Waals surface area (Å²) in [6, 6.07) is 156. The van der Waals surface area contributed by atoms with E-state index in [-0.39, 0.29) is 0 Å². The Morgan fingerprint density at radius 1 is 0.159 bits per heavy atom. The molecule has 0 aliphatic heterocycles. The third kappa shape index (κ3) is 14.4. The summed E-state index contributed by atoms with van der Waals surface area (Å²) in [5, 5.41) is 15.2. The second-order valence-corrected chi connectivity index (χ2v) is 37.2. The Hall–Kier alpha value is -17.8. The molecule has 138 heavy (non-hydrogen) atoms. The normalized spacial score (nSPS) is 11.6. The van der Waals surface area contributed by atoms with Crippen LogP contribution in [0.2, 0.25) is 0 Å². The van der Waals surface area contributed by atoms with Crippen LogP contribution in [0.3, 0.4) is 0 Å². The summed E-state index contributed by atoms with van der Waals surface area (Å²) in [5.74, 6) is 6.59. The van der Waals surface area contributed by atoms with Crippen molar-refractivity contribution in [3.8, 4) is 131 Å². The van der Waals surface area contributed by atoms with Crippen molar-refractivity contribution in [3.05, 3.63) is 455 Å². The average Bonchev–Trinajstić information content (AvgIpc) is 1.57. The number of nitrogens with zero attached hydrogens (tertiary/aromatic N) is 13. The summed E-state index contributed by atoms with van der Waals surface area (Å²) in [4.78, 5) is 49.6. The second-order valence-electron chi connectivity index (χ2n) is 34.1. The fourth-order valence-corrected chi connectivity index (χ4v) is 23.1. The highest BCUT2D eigenvalue weighted by atomic mass is 32.1. The molecule has 0 atom stereocenters. The number of fused-ring (bicyclic) bond motifs is 21. The van der Waals surface area contributed by atoms with Gasteiger partial charge in [0.05, 0.1) is 47.2 Å². The van der Waals surface area contributed by atoms with Crippen molar-refractivity contribution in [1.29, 1.82) is 0 Å². The molecule has 16 heteroatoms. The molecule has 18 aromatic carbocycles. The van der Waals surface area contributed by atoms with Crippen molar-refractivity contribution >= 4 is 160 Å². The lowest BCUT2D eigenvalue weighted by atomic mass is 10.0. The highest BCUT2D eigenvalue weighted by Crippen LogP contribution is 2.48. The number of aromatic nitrogens is 13. The summed E-state index contributed by atoms with van der Waals surface area (Å²) < 4.78 is 14.9. The van der Waals surface area contributed by atoms with Gasteiger partial charge in [0.25, 0.3) is 0 Å². The van der Waals surface area contributed by atoms with Gasteiger partial charge in [0, 0.05) is 146 Å². The van der Waals surface area contributed by atoms with Crippen molar-refractivity contribution in [2.45, 2.75) is 0 Å². The van der Waals surface area contributed by atoms with Crippen LogP contribution in [0.5, 0.6) is 0 Å². The fourth-order valence-electron chi connectivity index (χ4n) is 19.4. The molecule has 646 valence electrons. The molecule has 10 heterocycles. The highest BCUT2D eigenvalue weighted by molar-refractivity contribution is 7.27. The van der Waals surface area contributed by atoms with Crippen molar-refractivity contribution in [2.75, 3.05) is 0 Å². The molecule has 0 fully saturated rings. The van der Waals surface area contributed by atoms with E-state index < -0.39 is 0 Å². The molecule has 0 radical (unpaired) electrons. The first kappa shape index (κ1) is 81.0. The van der Waals surface area contributed by atoms with Gasteiger partial charge >= 0.3 is 0 Å². The van der Waals surface area contributed by atoms with Gasteiger partial charge in [-0.1, -0.05) is 358 Å². The molecule has 0 bridgehead atoms. The maximum atomic E-state index is 5.13. The van der Waals surface area contributed by atoms with Crippen LogP contribution >= 0.6 is 34.0 Å². The molecule has 0 spiro atoms. The predicted molar refractivity (Wildman–Crippen MR) is 573 cm³/mol. The van der Waals surface area contributed by atoms with Crippen LogP contribution in [-0.4, -0.2) is 63.5 Å². The van der Waals surface area contributed by atoms with E-state index in [1.54, 1.807) is 0 Å². The van der Waals surface area contributed by atoms with Crippen LogP contribution in [0.15, 0.2) is 455 Å². The third-order valence-electron chi connectivity index (χ3n) is 25.8. The van der Waals surface area contributed by atoms with Crippen LogP contribution < -0.4 is 0 Å². The number of rotatable bonds is 13. The number of pyridine rings is 1. The molecule has 28 aromatic rings. The maximum Gasteiger partial charge on any atom is 0.165 e. The van der Waals surface area contributed by atoms with E-state index >= 15 is 0 Å². The summed E-state index contributed by atoms with van der Waals surface area (Å²) in [7, 11) is 0. The Balaban J connectivity index is 0.000000107. The Labute approximate surface area is 803 Å². The quantitative estimate of drug-likeness (QED) is 0.109. The van der Waals surface area contributed by atoms with Gasteiger partial charge in [-0.3, -0.25) is 4.57 Å². The lowest BCUT2D eigenvalue weighted by Gasteiger charge is -2.12. The van der Waals surface area contributed by atoms with Crippen molar-refractivity contribution in [1.82, 2.24) is 63.5 Å². The zero-order valence-electron chi connectivity index (χ0n) is 73.8. The van der Waals surface area contributed by atoms with Gasteiger partial charge in [-0.15, -0.1) is 34.0 Å². The van der Waals surface area contributed by atoms with Crippen LogP contribution in [0, 0.1) is 0 Å². The second kappa shape index (κ2) is 34.3. The van der Waals surface area contributed by atoms with Crippen molar-refractivity contribution < 1.29 is 0 Å². The van der Waals surface area contributed by atoms with Crippen LogP contribution in [0.1, 0.15) is 0 Å². The van der Waals surface area contributed by atoms with E-state index in [1.807, 2.05) is 198 Å². The van der Waals surface area contributed by atoms with E-state index in [4.69, 9.17) is 49.8 Å². The molecular weight excluding hydrogens is 1740 g/mol. The first-order valence-electron chi connectivity index (χ1n) is 45.8. The van der Waals surface area contributed by atoms with Gasteiger partial charge in [0.1, 0.15) is 5.82 Å². The number of benzene rings is 18. The largest absolute Gasteiger partial charge is 0.308 e. The zero-order valence-corrected chi connectivity index (χ0v) is 76.3. The molecular formula is C122H75N13S3. The van der Waals surface area contributed by atoms with E-state index in [0.29, 0.717) is 52.4 Å². The summed E-state index contributed by atoms with van der Waals surface area (Å²) in [6.45, 7) is 0. The molecule has 0 aliphatic carbocycles. The number of hydrogen-bond donors (Lipinski definition) is 0. The molecule has 10 aromatic heterocycles. The minimum Gasteiger partial charge on any atom is -0.308 e. The number of para-hydroxylation sites is 3. The first-order chi connectivity index (χ1) is 68.4. The highest BCUT2D eigenvalue weighted by Gasteiger charge is 2.26. The van der Waals surface area contributed by atoms with Gasteiger partial charge in [-0.05, 0) is 102 Å². The minimum absolute atomic E-state index is 0.589. The van der Waals surface area contributed by atoms with Crippen molar-refractivity contribution in [3.63, 3.8) is 0 Å². The molecule has 0 unspecified atom stereocenters. The Morgan fingerprint density at radius 2 is 0.428 bits per heavy atom. The number of thiophene rings is 3. The molecule has 0 N–H and O–H groups in total. The monoisotopic (exact) mass is 1820 g/mol. The van der Waals surface area contributed by atoms with Crippen LogP contribution in [-0.2, 0) is 0 Å². The number of hydrogen-bond acceptors (Lipinski definition) is 13. The summed E-state index contributed by atoms with van der Waals surface area (Å²) >= 11 is 5.57. The van der Waals surface area contributed by atoms with Crippen LogP contribution in [0.25, 0.3) is 257 Å². The smallest absolute Gasteiger partial charge is 0.165 e. The standard InChI is InChI=1S/C45H28N4S.C39H24N4S.C38H23N5S/c1-3-13-29(14-4-1)31-17-11-18-32(27-31)44-46-43(30-15-5-2-6-16-30)47-45(48-44)33-19-12-20-34(28-33)49-39-23-9-7-21-35(39)37-25-26-38-36-22-8-10-24-40(36)50-42(38)41(37)49;1-3-11-25(12-4-1)37-40-38(26-13-5-2-6-14-26)42-39(41-37)27-19-21-28(22-20-27)43-33-17-9-7-15-29(33)31-23-24-32-30-16-8-10-18-34(30)44-36(32)35(31)43;1-3-11-24(12-4-1)36-40-37(25-13-5-2-6-14-25)42-38(41-36)26-19-22-33(39-23-26)43-31-17-9-7-15-27(31)29-20-21-30-28-16-8-10-18-32(28)44-35(30)34(29)43/h1-28H;1-24H;1-23H. The van der Waals surface area contributed by atoms with Gasteiger partial charge < -0.3 is 9.13 Å². The van der Waals surface area contributed by atoms with Gasteiger partial charge in [-0.2, -0.15) is 0 Å². The van der Waals surface area contributed by atoms with Gasteiger partial charge in [-0.25, -0.2) is 49.8 Å². The molecule has 0 saturated heterocycles. The van der Waals surface area contributed by atoms with Gasteiger partial charge in [0.2, 0.25) is 0 Å². The zero-order chi connectivity index (χ0) is 91.1. The van der Waals surface area contributed by atoms with Crippen molar-refractivity contribution in [2.24, 2.45) is 0 Å². The van der Waals surface area contributed by atoms with Gasteiger partial charge in [0.15, 0.2) is 52.4 Å². The molecule has 0 aliphatic rings. The molecule has 0 saturated carbocycles.